The van der Waals surface area contributed by atoms with Crippen LogP contribution in [0.15, 0.2) is 48.5 Å². The molecule has 1 spiro atoms. The van der Waals surface area contributed by atoms with Crippen LogP contribution in [0.1, 0.15) is 35.8 Å². The summed E-state index contributed by atoms with van der Waals surface area (Å²) in [6, 6.07) is 12.9. The number of aliphatic hydroxyl groups excluding tert-OH is 1. The van der Waals surface area contributed by atoms with Crippen LogP contribution in [0.5, 0.6) is 0 Å². The number of amides is 4. The van der Waals surface area contributed by atoms with Gasteiger partial charge >= 0.3 is 6.03 Å². The van der Waals surface area contributed by atoms with Gasteiger partial charge in [0.25, 0.3) is 0 Å². The molecule has 4 amide bonds. The predicted octanol–water partition coefficient (Wildman–Crippen LogP) is 3.37. The molecule has 6 nitrogen and oxygen atoms in total. The van der Waals surface area contributed by atoms with Crippen molar-refractivity contribution in [2.75, 3.05) is 0 Å². The Hall–Kier alpha value is -2.41. The molecule has 1 unspecified atom stereocenters. The second kappa shape index (κ2) is 7.44. The van der Waals surface area contributed by atoms with E-state index < -0.39 is 41.2 Å². The number of urea groups is 1. The minimum absolute atomic E-state index is 0.139. The Labute approximate surface area is 177 Å². The number of barbiturate groups is 1. The lowest BCUT2D eigenvalue weighted by Gasteiger charge is -2.50. The third-order valence-electron chi connectivity index (χ3n) is 5.88. The number of imide groups is 2. The van der Waals surface area contributed by atoms with Crippen molar-refractivity contribution in [3.05, 3.63) is 69.7 Å². The van der Waals surface area contributed by atoms with Crippen molar-refractivity contribution in [2.45, 2.75) is 30.8 Å². The largest absolute Gasteiger partial charge is 0.393 e. The summed E-state index contributed by atoms with van der Waals surface area (Å²) in [5.41, 5.74) is -0.572. The molecule has 8 heteroatoms. The molecule has 2 aromatic carbocycles. The van der Waals surface area contributed by atoms with E-state index in [0.29, 0.717) is 21.2 Å². The van der Waals surface area contributed by atoms with Gasteiger partial charge in [-0.1, -0.05) is 59.6 Å². The number of benzene rings is 2. The molecule has 1 aliphatic heterocycles. The van der Waals surface area contributed by atoms with E-state index in [1.54, 1.807) is 48.5 Å². The second-order valence-electron chi connectivity index (χ2n) is 7.38. The molecular weight excluding hydrogens is 415 g/mol. The summed E-state index contributed by atoms with van der Waals surface area (Å²) >= 11 is 12.8. The third-order valence-corrected chi connectivity index (χ3v) is 6.57. The summed E-state index contributed by atoms with van der Waals surface area (Å²) in [5, 5.41) is 15.9. The van der Waals surface area contributed by atoms with E-state index in [1.807, 2.05) is 0 Å². The zero-order valence-corrected chi connectivity index (χ0v) is 16.7. The molecule has 29 heavy (non-hydrogen) atoms. The van der Waals surface area contributed by atoms with Gasteiger partial charge in [-0.05, 0) is 36.1 Å². The monoisotopic (exact) mass is 432 g/mol. The minimum Gasteiger partial charge on any atom is -0.393 e. The fourth-order valence-corrected chi connectivity index (χ4v) is 5.23. The number of rotatable bonds is 2. The molecule has 3 atom stereocenters. The Bertz CT molecular complexity index is 932. The summed E-state index contributed by atoms with van der Waals surface area (Å²) in [4.78, 5) is 38.5. The highest BCUT2D eigenvalue weighted by molar-refractivity contribution is 6.32. The van der Waals surface area contributed by atoms with E-state index in [0.717, 1.165) is 0 Å². The zero-order valence-electron chi connectivity index (χ0n) is 15.2. The maximum Gasteiger partial charge on any atom is 0.328 e. The molecule has 1 saturated heterocycles. The molecule has 1 saturated carbocycles. The van der Waals surface area contributed by atoms with Gasteiger partial charge < -0.3 is 5.11 Å². The summed E-state index contributed by atoms with van der Waals surface area (Å²) in [5.74, 6) is -2.94. The third kappa shape index (κ3) is 3.12. The second-order valence-corrected chi connectivity index (χ2v) is 8.19. The number of aliphatic hydroxyl groups is 1. The summed E-state index contributed by atoms with van der Waals surface area (Å²) in [6.45, 7) is 0. The summed E-state index contributed by atoms with van der Waals surface area (Å²) in [7, 11) is 0. The lowest BCUT2D eigenvalue weighted by molar-refractivity contribution is -0.152. The number of hydrogen-bond donors (Lipinski definition) is 3. The van der Waals surface area contributed by atoms with Crippen LogP contribution in [-0.2, 0) is 9.59 Å². The molecule has 3 N–H and O–H groups in total. The van der Waals surface area contributed by atoms with Crippen LogP contribution in [0.4, 0.5) is 4.79 Å². The number of nitrogens with one attached hydrogen (secondary N) is 2. The van der Waals surface area contributed by atoms with Crippen LogP contribution in [-0.4, -0.2) is 29.1 Å². The van der Waals surface area contributed by atoms with Crippen LogP contribution in [0.3, 0.4) is 0 Å². The van der Waals surface area contributed by atoms with Crippen molar-refractivity contribution in [1.82, 2.24) is 10.6 Å². The smallest absolute Gasteiger partial charge is 0.328 e. The molecule has 150 valence electrons. The molecule has 2 aliphatic rings. The Morgan fingerprint density at radius 3 is 1.62 bits per heavy atom. The first-order chi connectivity index (χ1) is 13.9. The Balaban J connectivity index is 1.99. The highest BCUT2D eigenvalue weighted by atomic mass is 35.5. The van der Waals surface area contributed by atoms with Gasteiger partial charge in [0, 0.05) is 21.9 Å². The van der Waals surface area contributed by atoms with Crippen LogP contribution < -0.4 is 10.6 Å². The first-order valence-electron chi connectivity index (χ1n) is 9.19. The SMILES string of the molecule is O=C1NC(=O)C2(C(=O)N1)[C@@H](c1ccccc1Cl)CC(O)C[C@H]2c1ccccc1Cl. The van der Waals surface area contributed by atoms with E-state index >= 15 is 0 Å². The van der Waals surface area contributed by atoms with Crippen LogP contribution in [0, 0.1) is 5.41 Å². The molecule has 1 aliphatic carbocycles. The molecule has 1 heterocycles. The predicted molar refractivity (Wildman–Crippen MR) is 108 cm³/mol. The van der Waals surface area contributed by atoms with E-state index in [4.69, 9.17) is 23.2 Å². The molecule has 2 aromatic rings. The van der Waals surface area contributed by atoms with Crippen molar-refractivity contribution in [1.29, 1.82) is 0 Å². The van der Waals surface area contributed by atoms with Gasteiger partial charge in [0.1, 0.15) is 5.41 Å². The van der Waals surface area contributed by atoms with Crippen molar-refractivity contribution in [2.24, 2.45) is 5.41 Å². The van der Waals surface area contributed by atoms with Crippen molar-refractivity contribution < 1.29 is 19.5 Å². The van der Waals surface area contributed by atoms with Gasteiger partial charge in [-0.3, -0.25) is 20.2 Å². The molecule has 4 rings (SSSR count). The number of halogens is 2. The van der Waals surface area contributed by atoms with E-state index in [2.05, 4.69) is 10.6 Å². The first kappa shape index (κ1) is 19.9. The molecule has 0 radical (unpaired) electrons. The van der Waals surface area contributed by atoms with Gasteiger partial charge in [-0.25, -0.2) is 4.79 Å². The summed E-state index contributed by atoms with van der Waals surface area (Å²) < 4.78 is 0. The average molecular weight is 433 g/mol. The molecule has 2 fully saturated rings. The Kier molecular flexibility index (Phi) is 5.11. The zero-order chi connectivity index (χ0) is 20.8. The Morgan fingerprint density at radius 1 is 0.793 bits per heavy atom. The topological polar surface area (TPSA) is 95.5 Å². The first-order valence-corrected chi connectivity index (χ1v) is 9.95. The van der Waals surface area contributed by atoms with E-state index in [9.17, 15) is 19.5 Å². The highest BCUT2D eigenvalue weighted by Gasteiger charge is 2.63. The van der Waals surface area contributed by atoms with Crippen LogP contribution >= 0.6 is 23.2 Å². The fraction of sp³-hybridized carbons (Fsp3) is 0.286. The Morgan fingerprint density at radius 2 is 1.21 bits per heavy atom. The maximum atomic E-state index is 13.3. The standard InChI is InChI=1S/C21H18Cl2N2O4/c22-16-7-3-1-5-12(16)14-9-11(26)10-15(13-6-2-4-8-17(13)23)21(14)18(27)24-20(29)25-19(21)28/h1-8,11,14-15,26H,9-10H2,(H2,24,25,27,28,29)/t11?,14-,15+. The van der Waals surface area contributed by atoms with Gasteiger partial charge in [0.15, 0.2) is 0 Å². The van der Waals surface area contributed by atoms with Crippen molar-refractivity contribution in [3.63, 3.8) is 0 Å². The van der Waals surface area contributed by atoms with E-state index in [1.165, 1.54) is 0 Å². The van der Waals surface area contributed by atoms with Gasteiger partial charge in [0.05, 0.1) is 6.10 Å². The lowest BCUT2D eigenvalue weighted by Crippen LogP contribution is -2.68. The normalized spacial score (nSPS) is 26.2. The van der Waals surface area contributed by atoms with Gasteiger partial charge in [-0.15, -0.1) is 0 Å². The van der Waals surface area contributed by atoms with Crippen molar-refractivity contribution >= 4 is 41.0 Å². The molecule has 0 aromatic heterocycles. The summed E-state index contributed by atoms with van der Waals surface area (Å²) in [6.07, 6.45) is -0.513. The average Bonchev–Trinajstić information content (AvgIpc) is 2.67. The number of hydrogen-bond acceptors (Lipinski definition) is 4. The van der Waals surface area contributed by atoms with Crippen LogP contribution in [0.25, 0.3) is 0 Å². The van der Waals surface area contributed by atoms with Gasteiger partial charge in [0.2, 0.25) is 11.8 Å². The molecular formula is C21H18Cl2N2O4. The highest BCUT2D eigenvalue weighted by Crippen LogP contribution is 2.57. The minimum atomic E-state index is -1.69. The van der Waals surface area contributed by atoms with E-state index in [-0.39, 0.29) is 12.8 Å². The quantitative estimate of drug-likeness (QED) is 0.633. The number of carbonyl (C=O) groups is 3. The van der Waals surface area contributed by atoms with Crippen molar-refractivity contribution in [3.8, 4) is 0 Å². The number of carbonyl (C=O) groups excluding carboxylic acids is 3. The van der Waals surface area contributed by atoms with Gasteiger partial charge in [-0.2, -0.15) is 0 Å². The fourth-order valence-electron chi connectivity index (χ4n) is 4.70. The maximum absolute atomic E-state index is 13.3. The van der Waals surface area contributed by atoms with Crippen LogP contribution in [0.2, 0.25) is 10.0 Å². The lowest BCUT2D eigenvalue weighted by atomic mass is 9.54. The molecule has 0 bridgehead atoms.